The van der Waals surface area contributed by atoms with Gasteiger partial charge in [-0.05, 0) is 22.8 Å². The summed E-state index contributed by atoms with van der Waals surface area (Å²) < 4.78 is 0. The number of aromatic nitrogens is 2. The molecule has 1 heterocycles. The van der Waals surface area contributed by atoms with E-state index in [-0.39, 0.29) is 5.91 Å². The Kier molecular flexibility index (Phi) is 4.44. The van der Waals surface area contributed by atoms with E-state index in [0.717, 1.165) is 34.2 Å². The number of hydrogen-bond acceptors (Lipinski definition) is 4. The van der Waals surface area contributed by atoms with Crippen LogP contribution in [-0.4, -0.2) is 16.1 Å². The fraction of sp³-hybridized carbons (Fsp3) is 0.235. The molecule has 0 atom stereocenters. The maximum absolute atomic E-state index is 12.2. The second kappa shape index (κ2) is 6.66. The summed E-state index contributed by atoms with van der Waals surface area (Å²) in [5.41, 5.74) is 1.02. The van der Waals surface area contributed by atoms with Crippen molar-refractivity contribution in [3.8, 4) is 0 Å². The molecular formula is C17H17N3OS. The zero-order chi connectivity index (χ0) is 15.4. The zero-order valence-electron chi connectivity index (χ0n) is 12.4. The summed E-state index contributed by atoms with van der Waals surface area (Å²) in [5.74, 6) is -0.0597. The summed E-state index contributed by atoms with van der Waals surface area (Å²) in [5, 5.41) is 14.7. The van der Waals surface area contributed by atoms with Crippen LogP contribution in [0.2, 0.25) is 0 Å². The van der Waals surface area contributed by atoms with E-state index in [1.807, 2.05) is 30.3 Å². The monoisotopic (exact) mass is 311 g/mol. The van der Waals surface area contributed by atoms with Gasteiger partial charge in [-0.3, -0.25) is 4.79 Å². The molecule has 1 N–H and O–H groups in total. The van der Waals surface area contributed by atoms with E-state index < -0.39 is 0 Å². The molecule has 0 bridgehead atoms. The fourth-order valence-corrected chi connectivity index (χ4v) is 3.26. The van der Waals surface area contributed by atoms with Crippen molar-refractivity contribution in [3.05, 3.63) is 53.0 Å². The van der Waals surface area contributed by atoms with Gasteiger partial charge in [0.1, 0.15) is 5.01 Å². The van der Waals surface area contributed by atoms with Gasteiger partial charge in [-0.2, -0.15) is 0 Å². The van der Waals surface area contributed by atoms with Crippen LogP contribution < -0.4 is 5.32 Å². The topological polar surface area (TPSA) is 54.9 Å². The van der Waals surface area contributed by atoms with Crippen LogP contribution >= 0.6 is 11.3 Å². The van der Waals surface area contributed by atoms with Gasteiger partial charge in [0, 0.05) is 6.42 Å². The normalized spacial score (nSPS) is 10.8. The average Bonchev–Trinajstić information content (AvgIpc) is 2.95. The Morgan fingerprint density at radius 1 is 1.14 bits per heavy atom. The van der Waals surface area contributed by atoms with Crippen molar-refractivity contribution in [3.63, 3.8) is 0 Å². The van der Waals surface area contributed by atoms with Crippen LogP contribution in [-0.2, 0) is 17.6 Å². The molecule has 22 heavy (non-hydrogen) atoms. The molecule has 0 aliphatic rings. The molecule has 3 aromatic rings. The number of hydrogen-bond donors (Lipinski definition) is 1. The number of aryl methyl sites for hydroxylation is 1. The first-order valence-electron chi connectivity index (χ1n) is 7.35. The largest absolute Gasteiger partial charge is 0.300 e. The van der Waals surface area contributed by atoms with Gasteiger partial charge in [0.2, 0.25) is 11.0 Å². The Labute approximate surface area is 133 Å². The molecular weight excluding hydrogens is 294 g/mol. The lowest BCUT2D eigenvalue weighted by molar-refractivity contribution is -0.115. The minimum absolute atomic E-state index is 0.0597. The van der Waals surface area contributed by atoms with Crippen molar-refractivity contribution in [2.24, 2.45) is 0 Å². The smallest absolute Gasteiger partial charge is 0.230 e. The Morgan fingerprint density at radius 3 is 2.82 bits per heavy atom. The fourth-order valence-electron chi connectivity index (χ4n) is 2.40. The molecule has 0 saturated heterocycles. The molecule has 0 aliphatic heterocycles. The highest BCUT2D eigenvalue weighted by atomic mass is 32.1. The second-order valence-electron chi connectivity index (χ2n) is 5.11. The van der Waals surface area contributed by atoms with Crippen LogP contribution in [0.1, 0.15) is 23.9 Å². The number of carbonyl (C=O) groups is 1. The van der Waals surface area contributed by atoms with Gasteiger partial charge in [0.15, 0.2) is 0 Å². The van der Waals surface area contributed by atoms with Crippen LogP contribution in [0.15, 0.2) is 42.5 Å². The molecule has 2 aromatic carbocycles. The average molecular weight is 311 g/mol. The standard InChI is InChI=1S/C17H17N3OS/c1-2-6-16-19-20-17(22-16)18-15(21)11-13-9-5-8-12-7-3-4-10-14(12)13/h3-5,7-10H,2,6,11H2,1H3,(H,18,20,21). The van der Waals surface area contributed by atoms with Gasteiger partial charge in [0.05, 0.1) is 6.42 Å². The van der Waals surface area contributed by atoms with Crippen molar-refractivity contribution in [2.75, 3.05) is 5.32 Å². The van der Waals surface area contributed by atoms with Crippen LogP contribution in [0.5, 0.6) is 0 Å². The number of amides is 1. The van der Waals surface area contributed by atoms with E-state index in [9.17, 15) is 4.79 Å². The number of fused-ring (bicyclic) bond motifs is 1. The van der Waals surface area contributed by atoms with E-state index in [1.54, 1.807) is 0 Å². The summed E-state index contributed by atoms with van der Waals surface area (Å²) in [6.07, 6.45) is 2.26. The lowest BCUT2D eigenvalue weighted by atomic mass is 10.0. The Bertz CT molecular complexity index is 792. The number of nitrogens with zero attached hydrogens (tertiary/aromatic N) is 2. The number of carbonyl (C=O) groups excluding carboxylic acids is 1. The number of benzene rings is 2. The van der Waals surface area contributed by atoms with Gasteiger partial charge >= 0.3 is 0 Å². The summed E-state index contributed by atoms with van der Waals surface area (Å²) >= 11 is 1.45. The SMILES string of the molecule is CCCc1nnc(NC(=O)Cc2cccc3ccccc23)s1. The highest BCUT2D eigenvalue weighted by Crippen LogP contribution is 2.20. The van der Waals surface area contributed by atoms with Crippen LogP contribution in [0, 0.1) is 0 Å². The minimum Gasteiger partial charge on any atom is -0.300 e. The molecule has 0 fully saturated rings. The van der Waals surface area contributed by atoms with E-state index >= 15 is 0 Å². The zero-order valence-corrected chi connectivity index (χ0v) is 13.2. The molecule has 112 valence electrons. The van der Waals surface area contributed by atoms with E-state index in [2.05, 4.69) is 34.6 Å². The summed E-state index contributed by atoms with van der Waals surface area (Å²) in [6.45, 7) is 2.10. The molecule has 1 aromatic heterocycles. The summed E-state index contributed by atoms with van der Waals surface area (Å²) in [6, 6.07) is 14.1. The third-order valence-electron chi connectivity index (χ3n) is 3.41. The lowest BCUT2D eigenvalue weighted by Gasteiger charge is -2.06. The Balaban J connectivity index is 1.72. The minimum atomic E-state index is -0.0597. The maximum Gasteiger partial charge on any atom is 0.230 e. The number of nitrogens with one attached hydrogen (secondary N) is 1. The molecule has 3 rings (SSSR count). The molecule has 0 radical (unpaired) electrons. The number of rotatable bonds is 5. The van der Waals surface area contributed by atoms with Crippen molar-refractivity contribution < 1.29 is 4.79 Å². The van der Waals surface area contributed by atoms with Gasteiger partial charge < -0.3 is 5.32 Å². The van der Waals surface area contributed by atoms with Crippen LogP contribution in [0.4, 0.5) is 5.13 Å². The van der Waals surface area contributed by atoms with Gasteiger partial charge in [0.25, 0.3) is 0 Å². The summed E-state index contributed by atoms with van der Waals surface area (Å²) in [7, 11) is 0. The van der Waals surface area contributed by atoms with E-state index in [1.165, 1.54) is 11.3 Å². The van der Waals surface area contributed by atoms with Gasteiger partial charge in [-0.25, -0.2) is 0 Å². The van der Waals surface area contributed by atoms with Crippen molar-refractivity contribution >= 4 is 33.1 Å². The summed E-state index contributed by atoms with van der Waals surface area (Å²) in [4.78, 5) is 12.2. The third kappa shape index (κ3) is 3.31. The second-order valence-corrected chi connectivity index (χ2v) is 6.18. The lowest BCUT2D eigenvalue weighted by Crippen LogP contribution is -2.14. The first-order valence-corrected chi connectivity index (χ1v) is 8.17. The van der Waals surface area contributed by atoms with Crippen molar-refractivity contribution in [2.45, 2.75) is 26.2 Å². The first-order chi connectivity index (χ1) is 10.8. The molecule has 1 amide bonds. The first kappa shape index (κ1) is 14.7. The molecule has 0 saturated carbocycles. The molecule has 5 heteroatoms. The molecule has 0 aliphatic carbocycles. The van der Waals surface area contributed by atoms with Gasteiger partial charge in [-0.1, -0.05) is 60.7 Å². The predicted molar refractivity (Wildman–Crippen MR) is 90.2 cm³/mol. The van der Waals surface area contributed by atoms with Crippen molar-refractivity contribution in [1.82, 2.24) is 10.2 Å². The van der Waals surface area contributed by atoms with Crippen LogP contribution in [0.3, 0.4) is 0 Å². The van der Waals surface area contributed by atoms with E-state index in [4.69, 9.17) is 0 Å². The Morgan fingerprint density at radius 2 is 1.95 bits per heavy atom. The molecule has 4 nitrogen and oxygen atoms in total. The molecule has 0 spiro atoms. The van der Waals surface area contributed by atoms with Gasteiger partial charge in [-0.15, -0.1) is 10.2 Å². The van der Waals surface area contributed by atoms with Crippen molar-refractivity contribution in [1.29, 1.82) is 0 Å². The van der Waals surface area contributed by atoms with Crippen LogP contribution in [0.25, 0.3) is 10.8 Å². The maximum atomic E-state index is 12.2. The third-order valence-corrected chi connectivity index (χ3v) is 4.31. The highest BCUT2D eigenvalue weighted by molar-refractivity contribution is 7.15. The predicted octanol–water partition coefficient (Wildman–Crippen LogP) is 3.83. The van der Waals surface area contributed by atoms with E-state index in [0.29, 0.717) is 11.6 Å². The quantitative estimate of drug-likeness (QED) is 0.779. The number of anilines is 1. The highest BCUT2D eigenvalue weighted by Gasteiger charge is 2.10. The Hall–Kier alpha value is -2.27. The molecule has 0 unspecified atom stereocenters.